The highest BCUT2D eigenvalue weighted by atomic mass is 32.1. The first kappa shape index (κ1) is 17.4. The number of aromatic hydroxyl groups is 1. The zero-order valence-corrected chi connectivity index (χ0v) is 13.8. The lowest BCUT2D eigenvalue weighted by Crippen LogP contribution is -2.34. The van der Waals surface area contributed by atoms with Crippen molar-refractivity contribution in [2.75, 3.05) is 5.32 Å². The van der Waals surface area contributed by atoms with Crippen LogP contribution in [0.25, 0.3) is 0 Å². The van der Waals surface area contributed by atoms with Gasteiger partial charge in [0.2, 0.25) is 0 Å². The summed E-state index contributed by atoms with van der Waals surface area (Å²) in [4.78, 5) is 22.6. The molecule has 124 valence electrons. The molecule has 3 N–H and O–H groups in total. The summed E-state index contributed by atoms with van der Waals surface area (Å²) in [5.74, 6) is -0.787. The summed E-state index contributed by atoms with van der Waals surface area (Å²) in [6.45, 7) is 3.73. The molecule has 0 aliphatic heterocycles. The molecule has 0 radical (unpaired) electrons. The second kappa shape index (κ2) is 7.05. The number of thiocarbonyl (C=S) groups is 1. The average Bonchev–Trinajstić information content (AvgIpc) is 2.47. The molecule has 0 unspecified atom stereocenters. The number of aryl methyl sites for hydroxylation is 2. The summed E-state index contributed by atoms with van der Waals surface area (Å²) in [7, 11) is 0. The highest BCUT2D eigenvalue weighted by Gasteiger charge is 2.19. The third kappa shape index (κ3) is 4.05. The monoisotopic (exact) mass is 345 g/mol. The number of nitro benzene ring substituents is 1. The van der Waals surface area contributed by atoms with Crippen molar-refractivity contribution in [2.24, 2.45) is 0 Å². The number of benzene rings is 2. The van der Waals surface area contributed by atoms with E-state index in [4.69, 9.17) is 12.2 Å². The number of nitrogens with one attached hydrogen (secondary N) is 2. The van der Waals surface area contributed by atoms with Crippen molar-refractivity contribution < 1.29 is 14.8 Å². The van der Waals surface area contributed by atoms with Gasteiger partial charge in [-0.2, -0.15) is 0 Å². The maximum absolute atomic E-state index is 12.2. The van der Waals surface area contributed by atoms with E-state index in [0.717, 1.165) is 11.1 Å². The molecule has 0 aliphatic carbocycles. The van der Waals surface area contributed by atoms with Gasteiger partial charge in [0.05, 0.1) is 4.92 Å². The second-order valence-corrected chi connectivity index (χ2v) is 5.62. The smallest absolute Gasteiger partial charge is 0.296 e. The molecule has 0 spiro atoms. The predicted octanol–water partition coefficient (Wildman–Crippen LogP) is 3.04. The maximum atomic E-state index is 12.2. The van der Waals surface area contributed by atoms with E-state index >= 15 is 0 Å². The van der Waals surface area contributed by atoms with Crippen LogP contribution in [0.15, 0.2) is 36.4 Å². The van der Waals surface area contributed by atoms with Crippen molar-refractivity contribution in [1.29, 1.82) is 0 Å². The summed E-state index contributed by atoms with van der Waals surface area (Å²) < 4.78 is 0. The lowest BCUT2D eigenvalue weighted by atomic mass is 10.1. The van der Waals surface area contributed by atoms with Gasteiger partial charge in [0.25, 0.3) is 11.6 Å². The normalized spacial score (nSPS) is 10.1. The van der Waals surface area contributed by atoms with E-state index in [1.807, 2.05) is 19.9 Å². The summed E-state index contributed by atoms with van der Waals surface area (Å²) >= 11 is 5.01. The number of hydrogen-bond acceptors (Lipinski definition) is 5. The van der Waals surface area contributed by atoms with Crippen molar-refractivity contribution in [3.63, 3.8) is 0 Å². The largest absolute Gasteiger partial charge is 0.505 e. The number of rotatable bonds is 3. The SMILES string of the molecule is Cc1cc(C)cc(C(=O)NC(=S)Nc2c(O)cccc2[N+](=O)[O-])c1. The minimum absolute atomic E-state index is 0.149. The van der Waals surface area contributed by atoms with Gasteiger partial charge in [0.1, 0.15) is 5.75 Å². The third-order valence-electron chi connectivity index (χ3n) is 3.17. The number of phenolic OH excluding ortho intramolecular Hbond substituents is 1. The van der Waals surface area contributed by atoms with Crippen LogP contribution < -0.4 is 10.6 Å². The number of carbonyl (C=O) groups excluding carboxylic acids is 1. The Bertz CT molecular complexity index is 816. The zero-order chi connectivity index (χ0) is 17.9. The summed E-state index contributed by atoms with van der Waals surface area (Å²) in [5, 5.41) is 25.6. The molecule has 0 atom stereocenters. The first-order valence-electron chi connectivity index (χ1n) is 6.95. The fourth-order valence-electron chi connectivity index (χ4n) is 2.23. The van der Waals surface area contributed by atoms with Crippen molar-refractivity contribution in [2.45, 2.75) is 13.8 Å². The van der Waals surface area contributed by atoms with Crippen LogP contribution in [0, 0.1) is 24.0 Å². The van der Waals surface area contributed by atoms with Crippen LogP contribution >= 0.6 is 12.2 Å². The minimum Gasteiger partial charge on any atom is -0.505 e. The van der Waals surface area contributed by atoms with Crippen LogP contribution in [0.1, 0.15) is 21.5 Å². The van der Waals surface area contributed by atoms with Crippen LogP contribution in [0.4, 0.5) is 11.4 Å². The molecule has 8 heteroatoms. The quantitative estimate of drug-likeness (QED) is 0.342. The Morgan fingerprint density at radius 3 is 2.42 bits per heavy atom. The number of amides is 1. The van der Waals surface area contributed by atoms with Gasteiger partial charge >= 0.3 is 0 Å². The summed E-state index contributed by atoms with van der Waals surface area (Å²) in [6.07, 6.45) is 0. The van der Waals surface area contributed by atoms with E-state index in [0.29, 0.717) is 5.56 Å². The van der Waals surface area contributed by atoms with Crippen LogP contribution in [0.2, 0.25) is 0 Å². The van der Waals surface area contributed by atoms with Crippen molar-refractivity contribution >= 4 is 34.6 Å². The number of phenols is 1. The highest BCUT2D eigenvalue weighted by Crippen LogP contribution is 2.32. The Balaban J connectivity index is 2.17. The molecule has 1 amide bonds. The van der Waals surface area contributed by atoms with Crippen molar-refractivity contribution in [1.82, 2.24) is 5.32 Å². The minimum atomic E-state index is -0.656. The molecule has 0 fully saturated rings. The van der Waals surface area contributed by atoms with Crippen LogP contribution in [0.3, 0.4) is 0 Å². The lowest BCUT2D eigenvalue weighted by molar-refractivity contribution is -0.384. The molecule has 0 bridgehead atoms. The van der Waals surface area contributed by atoms with Gasteiger partial charge in [-0.3, -0.25) is 20.2 Å². The standard InChI is InChI=1S/C16H15N3O4S/c1-9-6-10(2)8-11(7-9)15(21)18-16(24)17-14-12(19(22)23)4-3-5-13(14)20/h3-8,20H,1-2H3,(H2,17,18,21,24). The summed E-state index contributed by atoms with van der Waals surface area (Å²) in [5.41, 5.74) is 1.75. The van der Waals surface area contributed by atoms with Gasteiger partial charge in [-0.25, -0.2) is 0 Å². The molecule has 0 heterocycles. The molecule has 24 heavy (non-hydrogen) atoms. The van der Waals surface area contributed by atoms with Gasteiger partial charge in [-0.05, 0) is 44.3 Å². The Labute approximate surface area is 143 Å². The molecule has 7 nitrogen and oxygen atoms in total. The topological polar surface area (TPSA) is 104 Å². The molecule has 0 aliphatic rings. The fourth-order valence-corrected chi connectivity index (χ4v) is 2.43. The Hall–Kier alpha value is -3.00. The lowest BCUT2D eigenvalue weighted by Gasteiger charge is -2.11. The van der Waals surface area contributed by atoms with E-state index in [9.17, 15) is 20.0 Å². The average molecular weight is 345 g/mol. The highest BCUT2D eigenvalue weighted by molar-refractivity contribution is 7.80. The van der Waals surface area contributed by atoms with Crippen LogP contribution in [-0.2, 0) is 0 Å². The maximum Gasteiger partial charge on any atom is 0.296 e. The van der Waals surface area contributed by atoms with Gasteiger partial charge in [-0.1, -0.05) is 23.3 Å². The van der Waals surface area contributed by atoms with Gasteiger partial charge < -0.3 is 10.4 Å². The zero-order valence-electron chi connectivity index (χ0n) is 13.0. The first-order valence-corrected chi connectivity index (χ1v) is 7.35. The molecule has 0 saturated heterocycles. The molecular formula is C16H15N3O4S. The number of carbonyl (C=O) groups is 1. The van der Waals surface area contributed by atoms with Gasteiger partial charge in [-0.15, -0.1) is 0 Å². The van der Waals surface area contributed by atoms with E-state index < -0.39 is 10.8 Å². The van der Waals surface area contributed by atoms with E-state index in [1.165, 1.54) is 18.2 Å². The van der Waals surface area contributed by atoms with Gasteiger partial charge in [0.15, 0.2) is 10.8 Å². The molecular weight excluding hydrogens is 330 g/mol. The third-order valence-corrected chi connectivity index (χ3v) is 3.37. The van der Waals surface area contributed by atoms with E-state index in [-0.39, 0.29) is 22.2 Å². The molecule has 2 rings (SSSR count). The summed E-state index contributed by atoms with van der Waals surface area (Å²) in [6, 6.07) is 9.18. The first-order chi connectivity index (χ1) is 11.3. The Kier molecular flexibility index (Phi) is 5.10. The number of anilines is 1. The van der Waals surface area contributed by atoms with Crippen molar-refractivity contribution in [3.8, 4) is 5.75 Å². The van der Waals surface area contributed by atoms with Crippen LogP contribution in [-0.4, -0.2) is 21.0 Å². The van der Waals surface area contributed by atoms with Gasteiger partial charge in [0, 0.05) is 11.6 Å². The van der Waals surface area contributed by atoms with Crippen molar-refractivity contribution in [3.05, 3.63) is 63.2 Å². The number of nitro groups is 1. The number of hydrogen-bond donors (Lipinski definition) is 3. The number of nitrogens with zero attached hydrogens (tertiary/aromatic N) is 1. The molecule has 0 saturated carbocycles. The Morgan fingerprint density at radius 2 is 1.83 bits per heavy atom. The predicted molar refractivity (Wildman–Crippen MR) is 94.4 cm³/mol. The molecule has 2 aromatic carbocycles. The Morgan fingerprint density at radius 1 is 1.21 bits per heavy atom. The van der Waals surface area contributed by atoms with E-state index in [2.05, 4.69) is 10.6 Å². The second-order valence-electron chi connectivity index (χ2n) is 5.21. The molecule has 0 aromatic heterocycles. The van der Waals surface area contributed by atoms with Crippen LogP contribution in [0.5, 0.6) is 5.75 Å². The van der Waals surface area contributed by atoms with E-state index in [1.54, 1.807) is 12.1 Å². The fraction of sp³-hybridized carbons (Fsp3) is 0.125. The molecule has 2 aromatic rings. The number of para-hydroxylation sites is 1.